The van der Waals surface area contributed by atoms with Gasteiger partial charge < -0.3 is 4.74 Å². The molecule has 0 bridgehead atoms. The molecule has 2 fully saturated rings. The number of ketones is 1. The third kappa shape index (κ3) is 3.64. The molecule has 3 rings (SSSR count). The molecule has 0 aromatic heterocycles. The predicted molar refractivity (Wildman–Crippen MR) is 96.9 cm³/mol. The van der Waals surface area contributed by atoms with Gasteiger partial charge in [0.1, 0.15) is 12.5 Å². The maximum atomic E-state index is 13.1. The number of benzene rings is 1. The van der Waals surface area contributed by atoms with Gasteiger partial charge in [-0.1, -0.05) is 50.6 Å². The summed E-state index contributed by atoms with van der Waals surface area (Å²) < 4.78 is 5.55. The predicted octanol–water partition coefficient (Wildman–Crippen LogP) is 3.59. The van der Waals surface area contributed by atoms with E-state index < -0.39 is 5.92 Å². The molecule has 2 aliphatic rings. The van der Waals surface area contributed by atoms with Gasteiger partial charge in [0.25, 0.3) is 0 Å². The molecule has 136 valence electrons. The van der Waals surface area contributed by atoms with Crippen LogP contribution in [0.5, 0.6) is 0 Å². The Morgan fingerprint density at radius 2 is 2.00 bits per heavy atom. The summed E-state index contributed by atoms with van der Waals surface area (Å²) >= 11 is 0. The van der Waals surface area contributed by atoms with E-state index in [1.165, 1.54) is 0 Å². The van der Waals surface area contributed by atoms with Gasteiger partial charge in [-0.3, -0.25) is 14.5 Å². The minimum Gasteiger partial charge on any atom is -0.460 e. The highest BCUT2D eigenvalue weighted by Gasteiger charge is 2.52. The van der Waals surface area contributed by atoms with Gasteiger partial charge in [-0.2, -0.15) is 0 Å². The number of carbonyl (C=O) groups is 2. The van der Waals surface area contributed by atoms with Gasteiger partial charge in [-0.25, -0.2) is 0 Å². The molecule has 2 heterocycles. The normalized spacial score (nSPS) is 29.4. The number of hydrogen-bond acceptors (Lipinski definition) is 4. The molecule has 4 heteroatoms. The van der Waals surface area contributed by atoms with Crippen LogP contribution in [0.15, 0.2) is 30.3 Å². The summed E-state index contributed by atoms with van der Waals surface area (Å²) in [4.78, 5) is 28.3. The highest BCUT2D eigenvalue weighted by molar-refractivity contribution is 6.02. The number of fused-ring (bicyclic) bond motifs is 1. The first-order chi connectivity index (χ1) is 12.2. The van der Waals surface area contributed by atoms with Crippen molar-refractivity contribution in [1.82, 2.24) is 4.90 Å². The van der Waals surface area contributed by atoms with E-state index in [1.807, 2.05) is 30.3 Å². The van der Waals surface area contributed by atoms with Crippen molar-refractivity contribution in [2.75, 3.05) is 6.54 Å². The third-order valence-electron chi connectivity index (χ3n) is 5.79. The second-order valence-electron chi connectivity index (χ2n) is 7.29. The number of ether oxygens (including phenoxy) is 1. The summed E-state index contributed by atoms with van der Waals surface area (Å²) in [5.41, 5.74) is 0.957. The molecule has 0 aliphatic carbocycles. The Morgan fingerprint density at radius 1 is 1.24 bits per heavy atom. The lowest BCUT2D eigenvalue weighted by atomic mass is 9.75. The average Bonchev–Trinajstić information content (AvgIpc) is 3.10. The van der Waals surface area contributed by atoms with Crippen LogP contribution in [-0.4, -0.2) is 35.3 Å². The van der Waals surface area contributed by atoms with E-state index in [9.17, 15) is 9.59 Å². The molecular formula is C21H29NO3. The molecule has 0 radical (unpaired) electrons. The second kappa shape index (κ2) is 8.13. The van der Waals surface area contributed by atoms with Crippen LogP contribution in [0.1, 0.15) is 51.5 Å². The summed E-state index contributed by atoms with van der Waals surface area (Å²) in [5.74, 6) is -0.867. The van der Waals surface area contributed by atoms with Crippen molar-refractivity contribution < 1.29 is 14.3 Å². The van der Waals surface area contributed by atoms with E-state index in [1.54, 1.807) is 0 Å². The van der Waals surface area contributed by atoms with Crippen molar-refractivity contribution in [1.29, 1.82) is 0 Å². The third-order valence-corrected chi connectivity index (χ3v) is 5.79. The van der Waals surface area contributed by atoms with Crippen LogP contribution in [-0.2, 0) is 20.9 Å². The lowest BCUT2D eigenvalue weighted by molar-refractivity contribution is -0.162. The largest absolute Gasteiger partial charge is 0.460 e. The topological polar surface area (TPSA) is 46.6 Å². The summed E-state index contributed by atoms with van der Waals surface area (Å²) in [7, 11) is 0. The summed E-state index contributed by atoms with van der Waals surface area (Å²) in [6, 6.07) is 10.00. The van der Waals surface area contributed by atoms with Crippen LogP contribution in [0.2, 0.25) is 0 Å². The van der Waals surface area contributed by atoms with Crippen LogP contribution < -0.4 is 0 Å². The zero-order valence-electron chi connectivity index (χ0n) is 15.3. The van der Waals surface area contributed by atoms with Gasteiger partial charge in [0.2, 0.25) is 0 Å². The lowest BCUT2D eigenvalue weighted by Gasteiger charge is -2.45. The summed E-state index contributed by atoms with van der Waals surface area (Å²) in [6.45, 7) is 5.48. The molecular weight excluding hydrogens is 314 g/mol. The van der Waals surface area contributed by atoms with E-state index in [-0.39, 0.29) is 30.3 Å². The number of hydrogen-bond donors (Lipinski definition) is 0. The van der Waals surface area contributed by atoms with Crippen LogP contribution >= 0.6 is 0 Å². The fourth-order valence-corrected chi connectivity index (χ4v) is 4.65. The van der Waals surface area contributed by atoms with E-state index >= 15 is 0 Å². The van der Waals surface area contributed by atoms with Crippen molar-refractivity contribution in [3.63, 3.8) is 0 Å². The van der Waals surface area contributed by atoms with E-state index in [0.717, 1.165) is 44.2 Å². The quantitative estimate of drug-likeness (QED) is 0.585. The van der Waals surface area contributed by atoms with Crippen molar-refractivity contribution in [2.45, 2.75) is 64.6 Å². The smallest absolute Gasteiger partial charge is 0.318 e. The highest BCUT2D eigenvalue weighted by atomic mass is 16.5. The van der Waals surface area contributed by atoms with Crippen molar-refractivity contribution >= 4 is 11.8 Å². The first-order valence-corrected chi connectivity index (χ1v) is 9.67. The molecule has 1 aromatic carbocycles. The zero-order chi connectivity index (χ0) is 17.8. The van der Waals surface area contributed by atoms with Crippen LogP contribution in [0.3, 0.4) is 0 Å². The molecule has 4 nitrogen and oxygen atoms in total. The Kier molecular flexibility index (Phi) is 5.89. The number of esters is 1. The van der Waals surface area contributed by atoms with Crippen molar-refractivity contribution in [3.8, 4) is 0 Å². The SMILES string of the molecule is CCC[C@@H]1[C@@H](CC)C(=O)[C@@H](C(=O)OCc2ccccc2)[C@@H]2CCCN12. The number of rotatable bonds is 6. The van der Waals surface area contributed by atoms with Gasteiger partial charge in [0, 0.05) is 18.0 Å². The Hall–Kier alpha value is -1.68. The Balaban J connectivity index is 1.75. The van der Waals surface area contributed by atoms with Gasteiger partial charge in [-0.05, 0) is 37.8 Å². The average molecular weight is 343 g/mol. The number of piperidine rings is 1. The minimum absolute atomic E-state index is 0.0372. The monoisotopic (exact) mass is 343 g/mol. The molecule has 0 spiro atoms. The highest BCUT2D eigenvalue weighted by Crippen LogP contribution is 2.39. The van der Waals surface area contributed by atoms with Crippen molar-refractivity contribution in [2.24, 2.45) is 11.8 Å². The van der Waals surface area contributed by atoms with E-state index in [4.69, 9.17) is 4.74 Å². The molecule has 2 saturated heterocycles. The molecule has 25 heavy (non-hydrogen) atoms. The maximum Gasteiger partial charge on any atom is 0.318 e. The lowest BCUT2D eigenvalue weighted by Crippen LogP contribution is -2.59. The molecule has 0 amide bonds. The molecule has 1 aromatic rings. The minimum atomic E-state index is -0.607. The van der Waals surface area contributed by atoms with Crippen molar-refractivity contribution in [3.05, 3.63) is 35.9 Å². The molecule has 2 aliphatic heterocycles. The van der Waals surface area contributed by atoms with Crippen LogP contribution in [0.25, 0.3) is 0 Å². The van der Waals surface area contributed by atoms with Gasteiger partial charge in [-0.15, -0.1) is 0 Å². The van der Waals surface area contributed by atoms with Gasteiger partial charge in [0.15, 0.2) is 5.78 Å². The summed E-state index contributed by atoms with van der Waals surface area (Å²) in [6.07, 6.45) is 4.90. The van der Waals surface area contributed by atoms with E-state index in [0.29, 0.717) is 6.04 Å². The van der Waals surface area contributed by atoms with Crippen LogP contribution in [0, 0.1) is 11.8 Å². The van der Waals surface area contributed by atoms with E-state index in [2.05, 4.69) is 18.7 Å². The number of nitrogens with zero attached hydrogens (tertiary/aromatic N) is 1. The maximum absolute atomic E-state index is 13.1. The fourth-order valence-electron chi connectivity index (χ4n) is 4.65. The Morgan fingerprint density at radius 3 is 2.68 bits per heavy atom. The fraction of sp³-hybridized carbons (Fsp3) is 0.619. The first kappa shape index (κ1) is 18.1. The Labute approximate surface area is 150 Å². The summed E-state index contributed by atoms with van der Waals surface area (Å²) in [5, 5.41) is 0. The van der Waals surface area contributed by atoms with Gasteiger partial charge >= 0.3 is 5.97 Å². The zero-order valence-corrected chi connectivity index (χ0v) is 15.3. The number of Topliss-reactive ketones (excluding diaryl/α,β-unsaturated/α-hetero) is 1. The Bertz CT molecular complexity index is 600. The van der Waals surface area contributed by atoms with Gasteiger partial charge in [0.05, 0.1) is 0 Å². The second-order valence-corrected chi connectivity index (χ2v) is 7.29. The molecule has 0 saturated carbocycles. The molecule has 0 unspecified atom stereocenters. The number of carbonyl (C=O) groups excluding carboxylic acids is 2. The molecule has 0 N–H and O–H groups in total. The first-order valence-electron chi connectivity index (χ1n) is 9.67. The van der Waals surface area contributed by atoms with Crippen LogP contribution in [0.4, 0.5) is 0 Å². The molecule has 4 atom stereocenters. The standard InChI is InChI=1S/C21H29NO3/c1-3-9-17-16(4-2)20(23)19(18-12-8-13-22(17)18)21(24)25-14-15-10-6-5-7-11-15/h5-7,10-11,16-19H,3-4,8-9,12-14H2,1-2H3/t16-,17-,18+,19+/m1/s1.